The highest BCUT2D eigenvalue weighted by atomic mass is 32.2. The molecule has 216 valence electrons. The summed E-state index contributed by atoms with van der Waals surface area (Å²) in [5, 5.41) is 12.2. The van der Waals surface area contributed by atoms with Crippen LogP contribution in [-0.2, 0) is 14.6 Å². The van der Waals surface area contributed by atoms with Gasteiger partial charge in [-0.2, -0.15) is 14.0 Å². The number of ether oxygens (including phenoxy) is 1. The molecular weight excluding hydrogens is 548 g/mol. The van der Waals surface area contributed by atoms with Crippen LogP contribution in [0.5, 0.6) is 0 Å². The van der Waals surface area contributed by atoms with Crippen molar-refractivity contribution in [3.8, 4) is 6.07 Å². The normalized spacial score (nSPS) is 18.1. The summed E-state index contributed by atoms with van der Waals surface area (Å²) in [4.78, 5) is 15.4. The Morgan fingerprint density at radius 1 is 1.05 bits per heavy atom. The van der Waals surface area contributed by atoms with Gasteiger partial charge in [-0.25, -0.2) is 8.42 Å². The minimum absolute atomic E-state index is 0.00413. The zero-order chi connectivity index (χ0) is 29.4. The lowest BCUT2D eigenvalue weighted by molar-refractivity contribution is -0.133. The van der Waals surface area contributed by atoms with Gasteiger partial charge >= 0.3 is 6.61 Å². The molecule has 3 aromatic carbocycles. The molecule has 0 radical (unpaired) electrons. The van der Waals surface area contributed by atoms with E-state index in [2.05, 4.69) is 33.2 Å². The quantitative estimate of drug-likeness (QED) is 0.305. The molecule has 1 amide bonds. The van der Waals surface area contributed by atoms with E-state index >= 15 is 0 Å². The third-order valence-corrected chi connectivity index (χ3v) is 9.23. The minimum Gasteiger partial charge on any atom is -0.366 e. The van der Waals surface area contributed by atoms with Crippen molar-refractivity contribution < 1.29 is 26.7 Å². The smallest absolute Gasteiger partial charge is 0.345 e. The van der Waals surface area contributed by atoms with Crippen LogP contribution in [0, 0.1) is 11.3 Å². The number of rotatable bonds is 11. The van der Waals surface area contributed by atoms with Gasteiger partial charge in [0, 0.05) is 23.7 Å². The van der Waals surface area contributed by atoms with Crippen LogP contribution in [0.15, 0.2) is 83.8 Å². The van der Waals surface area contributed by atoms with Crippen LogP contribution in [-0.4, -0.2) is 45.9 Å². The van der Waals surface area contributed by atoms with Crippen molar-refractivity contribution in [3.63, 3.8) is 0 Å². The Balaban J connectivity index is 1.50. The second-order valence-corrected chi connectivity index (χ2v) is 12.3. The first-order valence-electron chi connectivity index (χ1n) is 13.5. The van der Waals surface area contributed by atoms with Gasteiger partial charge in [0.2, 0.25) is 0 Å². The maximum Gasteiger partial charge on any atom is 0.345 e. The first-order chi connectivity index (χ1) is 19.7. The lowest BCUT2D eigenvalue weighted by Gasteiger charge is -2.41. The number of sulfone groups is 1. The molecule has 7 nitrogen and oxygen atoms in total. The molecule has 1 N–H and O–H groups in total. The Morgan fingerprint density at radius 3 is 2.34 bits per heavy atom. The van der Waals surface area contributed by atoms with Crippen molar-refractivity contribution in [1.82, 2.24) is 5.32 Å². The number of amides is 1. The first kappa shape index (κ1) is 30.2. The fourth-order valence-electron chi connectivity index (χ4n) is 5.16. The summed E-state index contributed by atoms with van der Waals surface area (Å²) in [6.45, 7) is -0.753. The number of hydrogen-bond donors (Lipinski definition) is 1. The zero-order valence-corrected chi connectivity index (χ0v) is 23.6. The highest BCUT2D eigenvalue weighted by Crippen LogP contribution is 2.34. The van der Waals surface area contributed by atoms with Crippen LogP contribution in [0.4, 0.5) is 14.5 Å². The van der Waals surface area contributed by atoms with Gasteiger partial charge in [-0.3, -0.25) is 4.79 Å². The van der Waals surface area contributed by atoms with E-state index in [1.807, 2.05) is 18.2 Å². The van der Waals surface area contributed by atoms with Gasteiger partial charge in [0.15, 0.2) is 9.84 Å². The second-order valence-electron chi connectivity index (χ2n) is 9.99. The SMILES string of the molecule is CCS(=O)(=O)c1ccc(C(CC#N)NC(=O)c2ccc(N3C[C@@H](c4ccccc4)CC[C@H]3COC(F)F)cc2)cc1. The molecule has 1 heterocycles. The second kappa shape index (κ2) is 13.7. The van der Waals surface area contributed by atoms with E-state index in [4.69, 9.17) is 0 Å². The van der Waals surface area contributed by atoms with Gasteiger partial charge in [0.1, 0.15) is 0 Å². The Kier molecular flexibility index (Phi) is 10.1. The highest BCUT2D eigenvalue weighted by molar-refractivity contribution is 7.91. The maximum atomic E-state index is 13.1. The number of piperidine rings is 1. The summed E-state index contributed by atoms with van der Waals surface area (Å²) in [5.74, 6) is -0.182. The van der Waals surface area contributed by atoms with Gasteiger partial charge in [0.05, 0.1) is 41.8 Å². The maximum absolute atomic E-state index is 13.1. The summed E-state index contributed by atoms with van der Waals surface area (Å²) < 4.78 is 54.6. The molecule has 0 bridgehead atoms. The summed E-state index contributed by atoms with van der Waals surface area (Å²) in [6, 6.07) is 24.4. The summed E-state index contributed by atoms with van der Waals surface area (Å²) in [5.41, 5.74) is 2.98. The van der Waals surface area contributed by atoms with Crippen LogP contribution in [0.1, 0.15) is 59.6 Å². The van der Waals surface area contributed by atoms with Crippen LogP contribution >= 0.6 is 0 Å². The molecule has 1 fully saturated rings. The molecule has 0 aliphatic carbocycles. The van der Waals surface area contributed by atoms with Crippen molar-refractivity contribution in [2.45, 2.75) is 55.7 Å². The van der Waals surface area contributed by atoms with Crippen LogP contribution < -0.4 is 10.2 Å². The fraction of sp³-hybridized carbons (Fsp3) is 0.355. The fourth-order valence-corrected chi connectivity index (χ4v) is 6.05. The van der Waals surface area contributed by atoms with Crippen LogP contribution in [0.2, 0.25) is 0 Å². The minimum atomic E-state index is -3.37. The number of nitriles is 1. The number of anilines is 1. The lowest BCUT2D eigenvalue weighted by atomic mass is 9.87. The number of carbonyl (C=O) groups excluding carboxylic acids is 1. The van der Waals surface area contributed by atoms with Crippen LogP contribution in [0.25, 0.3) is 0 Å². The Hall–Kier alpha value is -3.81. The molecular formula is C31H33F2N3O4S. The molecule has 1 unspecified atom stereocenters. The topological polar surface area (TPSA) is 99.5 Å². The molecule has 3 aromatic rings. The van der Waals surface area contributed by atoms with Gasteiger partial charge in [-0.15, -0.1) is 0 Å². The Morgan fingerprint density at radius 2 is 1.73 bits per heavy atom. The lowest BCUT2D eigenvalue weighted by Crippen LogP contribution is -2.45. The summed E-state index contributed by atoms with van der Waals surface area (Å²) in [7, 11) is -3.37. The van der Waals surface area contributed by atoms with Crippen molar-refractivity contribution in [1.29, 1.82) is 5.26 Å². The van der Waals surface area contributed by atoms with Gasteiger partial charge in [-0.1, -0.05) is 49.4 Å². The molecule has 0 aromatic heterocycles. The molecule has 1 saturated heterocycles. The molecule has 10 heteroatoms. The Labute approximate surface area is 239 Å². The average molecular weight is 582 g/mol. The van der Waals surface area contributed by atoms with E-state index in [9.17, 15) is 27.3 Å². The number of nitrogens with one attached hydrogen (secondary N) is 1. The van der Waals surface area contributed by atoms with Crippen molar-refractivity contribution in [3.05, 3.63) is 95.6 Å². The van der Waals surface area contributed by atoms with Gasteiger partial charge in [0.25, 0.3) is 5.91 Å². The standard InChI is InChI=1S/C31H33F2N3O4S/c1-2-41(38,39)28-16-11-23(12-17-28)29(18-19-34)35-30(37)24-8-13-26(14-9-24)36-20-25(22-6-4-3-5-7-22)10-15-27(36)21-40-31(32)33/h3-9,11-14,16-17,25,27,29,31H,2,10,15,18,20-21H2,1H3,(H,35,37)/t25-,27-,29?/m0/s1. The molecule has 41 heavy (non-hydrogen) atoms. The predicted molar refractivity (Wildman–Crippen MR) is 153 cm³/mol. The molecule has 1 aliphatic rings. The average Bonchev–Trinajstić information content (AvgIpc) is 3.00. The number of carbonyl (C=O) groups is 1. The monoisotopic (exact) mass is 581 g/mol. The highest BCUT2D eigenvalue weighted by Gasteiger charge is 2.30. The third kappa shape index (κ3) is 7.69. The summed E-state index contributed by atoms with van der Waals surface area (Å²) in [6.07, 6.45) is 1.54. The molecule has 4 rings (SSSR count). The number of alkyl halides is 2. The van der Waals surface area contributed by atoms with Crippen LogP contribution in [0.3, 0.4) is 0 Å². The van der Waals surface area contributed by atoms with E-state index in [1.54, 1.807) is 43.3 Å². The van der Waals surface area contributed by atoms with E-state index in [0.29, 0.717) is 24.1 Å². The van der Waals surface area contributed by atoms with Crippen molar-refractivity contribution >= 4 is 21.4 Å². The number of hydrogen-bond acceptors (Lipinski definition) is 6. The van der Waals surface area contributed by atoms with Gasteiger partial charge in [-0.05, 0) is 60.4 Å². The molecule has 0 spiro atoms. The van der Waals surface area contributed by atoms with Crippen molar-refractivity contribution in [2.24, 2.45) is 0 Å². The van der Waals surface area contributed by atoms with E-state index in [1.165, 1.54) is 17.7 Å². The number of benzene rings is 3. The molecule has 0 saturated carbocycles. The zero-order valence-electron chi connectivity index (χ0n) is 22.7. The van der Waals surface area contributed by atoms with Gasteiger partial charge < -0.3 is 15.0 Å². The predicted octanol–water partition coefficient (Wildman–Crippen LogP) is 5.86. The molecule has 1 aliphatic heterocycles. The van der Waals surface area contributed by atoms with Crippen molar-refractivity contribution in [2.75, 3.05) is 23.8 Å². The Bertz CT molecular complexity index is 1440. The number of nitrogens with zero attached hydrogens (tertiary/aromatic N) is 2. The molecule has 3 atom stereocenters. The first-order valence-corrected chi connectivity index (χ1v) is 15.2. The largest absolute Gasteiger partial charge is 0.366 e. The van der Waals surface area contributed by atoms with E-state index in [-0.39, 0.29) is 41.5 Å². The third-order valence-electron chi connectivity index (χ3n) is 7.48. The summed E-state index contributed by atoms with van der Waals surface area (Å²) >= 11 is 0. The van der Waals surface area contributed by atoms with E-state index in [0.717, 1.165) is 12.1 Å². The van der Waals surface area contributed by atoms with E-state index < -0.39 is 22.5 Å². The number of halogens is 2.